The number of hydrogen-bond donors (Lipinski definition) is 0. The quantitative estimate of drug-likeness (QED) is 0.362. The highest BCUT2D eigenvalue weighted by atomic mass is 28.3. The number of rotatable bonds is 5. The van der Waals surface area contributed by atoms with E-state index in [-0.39, 0.29) is 12.0 Å². The highest BCUT2D eigenvalue weighted by Gasteiger charge is 2.31. The summed E-state index contributed by atoms with van der Waals surface area (Å²) in [6.45, 7) is 9.78. The Morgan fingerprint density at radius 1 is 1.07 bits per heavy atom. The Morgan fingerprint density at radius 2 is 1.68 bits per heavy atom. The summed E-state index contributed by atoms with van der Waals surface area (Å²) in [5, 5.41) is 1.53. The molecule has 0 aromatic heterocycles. The van der Waals surface area contributed by atoms with Crippen LogP contribution < -0.4 is 0 Å². The van der Waals surface area contributed by atoms with Crippen molar-refractivity contribution >= 4 is 20.1 Å². The van der Waals surface area contributed by atoms with Crippen molar-refractivity contribution in [3.8, 4) is 0 Å². The zero-order valence-electron chi connectivity index (χ0n) is 17.2. The number of hydroxylamine groups is 2. The van der Waals surface area contributed by atoms with Crippen LogP contribution in [0.1, 0.15) is 24.2 Å². The lowest BCUT2D eigenvalue weighted by molar-refractivity contribution is -0.199. The van der Waals surface area contributed by atoms with E-state index in [9.17, 15) is 4.79 Å². The highest BCUT2D eigenvalue weighted by molar-refractivity contribution is 6.76. The first-order valence-corrected chi connectivity index (χ1v) is 13.5. The molecule has 1 unspecified atom stereocenters. The summed E-state index contributed by atoms with van der Waals surface area (Å²) in [5.74, 6) is -0.120. The minimum atomic E-state index is -1.32. The SMILES string of the molecule is CC1=C(C[Si](C)(C)C)CN(C(=O)/C=C/c2ccccc2)OC1c1ccccc1. The van der Waals surface area contributed by atoms with E-state index in [1.807, 2.05) is 54.6 Å². The molecule has 0 radical (unpaired) electrons. The molecule has 146 valence electrons. The average molecular weight is 392 g/mol. The molecule has 0 spiro atoms. The van der Waals surface area contributed by atoms with E-state index in [1.165, 1.54) is 16.2 Å². The Kier molecular flexibility index (Phi) is 6.32. The second-order valence-electron chi connectivity index (χ2n) is 8.54. The van der Waals surface area contributed by atoms with E-state index < -0.39 is 8.07 Å². The van der Waals surface area contributed by atoms with Crippen LogP contribution >= 0.6 is 0 Å². The summed E-state index contributed by atoms with van der Waals surface area (Å²) in [4.78, 5) is 19.0. The van der Waals surface area contributed by atoms with Gasteiger partial charge in [-0.25, -0.2) is 5.06 Å². The molecule has 1 atom stereocenters. The molecule has 1 aliphatic heterocycles. The Morgan fingerprint density at radius 3 is 2.29 bits per heavy atom. The minimum Gasteiger partial charge on any atom is -0.267 e. The van der Waals surface area contributed by atoms with Crippen molar-refractivity contribution in [1.82, 2.24) is 5.06 Å². The third-order valence-corrected chi connectivity index (χ3v) is 6.32. The van der Waals surface area contributed by atoms with E-state index in [2.05, 4.69) is 38.7 Å². The van der Waals surface area contributed by atoms with Gasteiger partial charge in [0, 0.05) is 14.1 Å². The third-order valence-electron chi connectivity index (χ3n) is 4.83. The number of nitrogens with zero attached hydrogens (tertiary/aromatic N) is 1. The maximum Gasteiger partial charge on any atom is 0.270 e. The first-order valence-electron chi connectivity index (χ1n) is 9.78. The molecule has 0 aliphatic carbocycles. The van der Waals surface area contributed by atoms with E-state index in [1.54, 1.807) is 6.08 Å². The molecule has 0 saturated heterocycles. The van der Waals surface area contributed by atoms with Crippen LogP contribution in [0, 0.1) is 0 Å². The lowest BCUT2D eigenvalue weighted by atomic mass is 9.97. The molecule has 2 aromatic carbocycles. The van der Waals surface area contributed by atoms with Gasteiger partial charge in [0.2, 0.25) is 0 Å². The third kappa shape index (κ3) is 5.30. The van der Waals surface area contributed by atoms with Crippen LogP contribution in [0.4, 0.5) is 0 Å². The van der Waals surface area contributed by atoms with Gasteiger partial charge in [0.1, 0.15) is 6.10 Å². The fourth-order valence-electron chi connectivity index (χ4n) is 3.45. The van der Waals surface area contributed by atoms with Gasteiger partial charge in [0.15, 0.2) is 0 Å². The summed E-state index contributed by atoms with van der Waals surface area (Å²) in [6, 6.07) is 21.1. The molecule has 0 fully saturated rings. The van der Waals surface area contributed by atoms with Gasteiger partial charge in [-0.05, 0) is 41.3 Å². The highest BCUT2D eigenvalue weighted by Crippen LogP contribution is 2.36. The molecular weight excluding hydrogens is 362 g/mol. The summed E-state index contributed by atoms with van der Waals surface area (Å²) in [5.41, 5.74) is 4.66. The monoisotopic (exact) mass is 391 g/mol. The largest absolute Gasteiger partial charge is 0.270 e. The zero-order valence-corrected chi connectivity index (χ0v) is 18.2. The molecule has 0 saturated carbocycles. The maximum atomic E-state index is 12.9. The van der Waals surface area contributed by atoms with E-state index in [0.717, 1.165) is 17.2 Å². The van der Waals surface area contributed by atoms with Crippen LogP contribution in [0.25, 0.3) is 6.08 Å². The van der Waals surface area contributed by atoms with Crippen molar-refractivity contribution in [2.24, 2.45) is 0 Å². The van der Waals surface area contributed by atoms with E-state index in [0.29, 0.717) is 6.54 Å². The molecular formula is C24H29NO2Si. The Bertz CT molecular complexity index is 866. The van der Waals surface area contributed by atoms with Gasteiger partial charge in [0.05, 0.1) is 6.54 Å². The summed E-state index contributed by atoms with van der Waals surface area (Å²) < 4.78 is 0. The van der Waals surface area contributed by atoms with E-state index >= 15 is 0 Å². The second-order valence-corrected chi connectivity index (χ2v) is 14.0. The normalized spacial score (nSPS) is 18.0. The van der Waals surface area contributed by atoms with Crippen molar-refractivity contribution < 1.29 is 9.63 Å². The average Bonchev–Trinajstić information content (AvgIpc) is 2.68. The van der Waals surface area contributed by atoms with Crippen LogP contribution in [-0.2, 0) is 9.63 Å². The van der Waals surface area contributed by atoms with Crippen molar-refractivity contribution in [3.63, 3.8) is 0 Å². The fraction of sp³-hybridized carbons (Fsp3) is 0.292. The maximum absolute atomic E-state index is 12.9. The topological polar surface area (TPSA) is 29.5 Å². The van der Waals surface area contributed by atoms with Crippen LogP contribution in [0.15, 0.2) is 77.9 Å². The van der Waals surface area contributed by atoms with Crippen molar-refractivity contribution in [2.75, 3.05) is 6.54 Å². The number of hydrogen-bond acceptors (Lipinski definition) is 2. The Hall–Kier alpha value is -2.43. The number of benzene rings is 2. The van der Waals surface area contributed by atoms with Crippen molar-refractivity contribution in [2.45, 2.75) is 38.7 Å². The number of carbonyl (C=O) groups is 1. The van der Waals surface area contributed by atoms with Gasteiger partial charge in [-0.1, -0.05) is 80.3 Å². The van der Waals surface area contributed by atoms with Gasteiger partial charge in [-0.15, -0.1) is 0 Å². The molecule has 0 bridgehead atoms. The van der Waals surface area contributed by atoms with Crippen LogP contribution in [0.3, 0.4) is 0 Å². The molecule has 1 amide bonds. The first kappa shape index (κ1) is 20.3. The van der Waals surface area contributed by atoms with E-state index in [4.69, 9.17) is 4.84 Å². The molecule has 4 heteroatoms. The van der Waals surface area contributed by atoms with Crippen LogP contribution in [-0.4, -0.2) is 25.6 Å². The van der Waals surface area contributed by atoms with Crippen molar-refractivity contribution in [3.05, 3.63) is 89.0 Å². The van der Waals surface area contributed by atoms with Gasteiger partial charge in [-0.2, -0.15) is 0 Å². The molecule has 0 N–H and O–H groups in total. The minimum absolute atomic E-state index is 0.120. The predicted octanol–water partition coefficient (Wildman–Crippen LogP) is 5.87. The second kappa shape index (κ2) is 8.72. The molecule has 2 aromatic rings. The summed E-state index contributed by atoms with van der Waals surface area (Å²) in [6.07, 6.45) is 3.23. The van der Waals surface area contributed by atoms with Gasteiger partial charge in [-0.3, -0.25) is 9.63 Å². The first-order chi connectivity index (χ1) is 13.3. The number of carbonyl (C=O) groups excluding carboxylic acids is 1. The Balaban J connectivity index is 1.86. The lowest BCUT2D eigenvalue weighted by Crippen LogP contribution is -2.39. The molecule has 1 aliphatic rings. The zero-order chi connectivity index (χ0) is 20.1. The molecule has 28 heavy (non-hydrogen) atoms. The standard InChI is InChI=1S/C24H29NO2Si/c1-19-22(18-28(2,3)4)17-25(27-24(19)21-13-9-6-10-14-21)23(26)16-15-20-11-7-5-8-12-20/h5-16,24H,17-18H2,1-4H3/b16-15+. The Labute approximate surface area is 169 Å². The predicted molar refractivity (Wildman–Crippen MR) is 118 cm³/mol. The summed E-state index contributed by atoms with van der Waals surface area (Å²) in [7, 11) is -1.32. The van der Waals surface area contributed by atoms with Crippen LogP contribution in [0.2, 0.25) is 25.7 Å². The van der Waals surface area contributed by atoms with Gasteiger partial charge >= 0.3 is 0 Å². The molecule has 3 rings (SSSR count). The van der Waals surface area contributed by atoms with Gasteiger partial charge < -0.3 is 0 Å². The van der Waals surface area contributed by atoms with Crippen molar-refractivity contribution in [1.29, 1.82) is 0 Å². The lowest BCUT2D eigenvalue weighted by Gasteiger charge is -2.36. The fourth-order valence-corrected chi connectivity index (χ4v) is 5.12. The molecule has 1 heterocycles. The molecule has 3 nitrogen and oxygen atoms in total. The number of amides is 1. The van der Waals surface area contributed by atoms with Crippen LogP contribution in [0.5, 0.6) is 0 Å². The smallest absolute Gasteiger partial charge is 0.267 e. The van der Waals surface area contributed by atoms with Gasteiger partial charge in [0.25, 0.3) is 5.91 Å². The summed E-state index contributed by atoms with van der Waals surface area (Å²) >= 11 is 0.